The van der Waals surface area contributed by atoms with E-state index in [1.807, 2.05) is 0 Å². The van der Waals surface area contributed by atoms with Gasteiger partial charge >= 0.3 is 0 Å². The highest BCUT2D eigenvalue weighted by atomic mass is 16.1. The van der Waals surface area contributed by atoms with E-state index in [9.17, 15) is 4.79 Å². The quantitative estimate of drug-likeness (QED) is 0.774. The zero-order chi connectivity index (χ0) is 11.4. The average molecular weight is 222 g/mol. The van der Waals surface area contributed by atoms with E-state index in [1.54, 1.807) is 6.07 Å². The van der Waals surface area contributed by atoms with E-state index < -0.39 is 0 Å². The molecule has 2 N–H and O–H groups in total. The summed E-state index contributed by atoms with van der Waals surface area (Å²) in [5.74, 6) is 0.790. The first-order chi connectivity index (χ1) is 7.79. The van der Waals surface area contributed by atoms with Crippen LogP contribution in [0.15, 0.2) is 17.2 Å². The number of H-pyrrole nitrogens is 1. The number of rotatable bonds is 3. The third-order valence-corrected chi connectivity index (χ3v) is 2.98. The lowest BCUT2D eigenvalue weighted by Crippen LogP contribution is -2.43. The molecule has 0 spiro atoms. The number of piperidine rings is 1. The summed E-state index contributed by atoms with van der Waals surface area (Å²) in [4.78, 5) is 20.1. The number of anilines is 1. The van der Waals surface area contributed by atoms with Gasteiger partial charge in [-0.2, -0.15) is 0 Å². The number of nitrogens with zero attached hydrogens (tertiary/aromatic N) is 2. The Hall–Kier alpha value is -1.36. The number of nitrogens with one attached hydrogen (secondary N) is 2. The first-order valence-corrected chi connectivity index (χ1v) is 5.82. The fourth-order valence-corrected chi connectivity index (χ4v) is 2.13. The van der Waals surface area contributed by atoms with Crippen molar-refractivity contribution in [3.05, 3.63) is 22.7 Å². The molecule has 0 amide bonds. The van der Waals surface area contributed by atoms with Crippen molar-refractivity contribution < 1.29 is 0 Å². The van der Waals surface area contributed by atoms with Crippen LogP contribution in [0.5, 0.6) is 0 Å². The molecule has 0 unspecified atom stereocenters. The minimum absolute atomic E-state index is 0.0844. The standard InChI is InChI=1S/C11H18N4O/c1-2-12-9-3-5-15(6-4-9)10-7-11(16)14-8-13-10/h7-9,12H,2-6H2,1H3,(H,13,14,16). The summed E-state index contributed by atoms with van der Waals surface area (Å²) in [6.07, 6.45) is 3.69. The van der Waals surface area contributed by atoms with Crippen LogP contribution in [-0.2, 0) is 0 Å². The Balaban J connectivity index is 1.96. The van der Waals surface area contributed by atoms with Gasteiger partial charge in [0.15, 0.2) is 0 Å². The van der Waals surface area contributed by atoms with Gasteiger partial charge in [-0.25, -0.2) is 4.98 Å². The molecule has 1 aromatic heterocycles. The zero-order valence-electron chi connectivity index (χ0n) is 9.57. The molecule has 2 heterocycles. The van der Waals surface area contributed by atoms with Crippen molar-refractivity contribution in [3.63, 3.8) is 0 Å². The van der Waals surface area contributed by atoms with Crippen molar-refractivity contribution in [3.8, 4) is 0 Å². The highest BCUT2D eigenvalue weighted by Gasteiger charge is 2.19. The summed E-state index contributed by atoms with van der Waals surface area (Å²) in [5, 5.41) is 3.45. The molecule has 1 fully saturated rings. The van der Waals surface area contributed by atoms with Crippen molar-refractivity contribution >= 4 is 5.82 Å². The van der Waals surface area contributed by atoms with Crippen molar-refractivity contribution in [2.45, 2.75) is 25.8 Å². The minimum Gasteiger partial charge on any atom is -0.356 e. The van der Waals surface area contributed by atoms with Gasteiger partial charge in [0.2, 0.25) is 0 Å². The Morgan fingerprint density at radius 3 is 2.94 bits per heavy atom. The van der Waals surface area contributed by atoms with Crippen molar-refractivity contribution in [2.24, 2.45) is 0 Å². The molecular formula is C11H18N4O. The first kappa shape index (κ1) is 11.1. The second kappa shape index (κ2) is 5.12. The Kier molecular flexibility index (Phi) is 3.56. The minimum atomic E-state index is -0.0844. The van der Waals surface area contributed by atoms with Crippen LogP contribution in [0.2, 0.25) is 0 Å². The van der Waals surface area contributed by atoms with Crippen molar-refractivity contribution in [1.82, 2.24) is 15.3 Å². The van der Waals surface area contributed by atoms with Gasteiger partial charge in [-0.05, 0) is 19.4 Å². The fraction of sp³-hybridized carbons (Fsp3) is 0.636. The highest BCUT2D eigenvalue weighted by molar-refractivity contribution is 5.36. The molecule has 1 aromatic rings. The van der Waals surface area contributed by atoms with Crippen LogP contribution in [-0.4, -0.2) is 35.6 Å². The molecule has 0 saturated carbocycles. The number of hydrogen-bond acceptors (Lipinski definition) is 4. The lowest BCUT2D eigenvalue weighted by atomic mass is 10.1. The Morgan fingerprint density at radius 2 is 2.31 bits per heavy atom. The highest BCUT2D eigenvalue weighted by Crippen LogP contribution is 2.15. The maximum atomic E-state index is 11.2. The van der Waals surface area contributed by atoms with Gasteiger partial charge in [-0.1, -0.05) is 6.92 Å². The Morgan fingerprint density at radius 1 is 1.56 bits per heavy atom. The monoisotopic (exact) mass is 222 g/mol. The Labute approximate surface area is 94.9 Å². The predicted molar refractivity (Wildman–Crippen MR) is 63.8 cm³/mol. The van der Waals surface area contributed by atoms with Gasteiger partial charge in [0.05, 0.1) is 6.33 Å². The fourth-order valence-electron chi connectivity index (χ4n) is 2.13. The summed E-state index contributed by atoms with van der Waals surface area (Å²) in [6, 6.07) is 2.18. The number of aromatic amines is 1. The van der Waals surface area contributed by atoms with Crippen LogP contribution in [0.25, 0.3) is 0 Å². The zero-order valence-corrected chi connectivity index (χ0v) is 9.57. The molecule has 5 nitrogen and oxygen atoms in total. The van der Waals surface area contributed by atoms with Gasteiger partial charge < -0.3 is 15.2 Å². The molecule has 0 aromatic carbocycles. The van der Waals surface area contributed by atoms with Gasteiger partial charge in [0.25, 0.3) is 5.56 Å². The molecule has 2 rings (SSSR count). The molecule has 1 saturated heterocycles. The predicted octanol–water partition coefficient (Wildman–Crippen LogP) is 0.348. The van der Waals surface area contributed by atoms with E-state index >= 15 is 0 Å². The van der Waals surface area contributed by atoms with Crippen LogP contribution >= 0.6 is 0 Å². The number of hydrogen-bond donors (Lipinski definition) is 2. The van der Waals surface area contributed by atoms with Crippen LogP contribution in [0, 0.1) is 0 Å². The summed E-state index contributed by atoms with van der Waals surface area (Å²) >= 11 is 0. The largest absolute Gasteiger partial charge is 0.356 e. The SMILES string of the molecule is CCNC1CCN(c2cc(=O)[nH]cn2)CC1. The van der Waals surface area contributed by atoms with Crippen LogP contribution in [0.1, 0.15) is 19.8 Å². The third kappa shape index (κ3) is 2.61. The molecule has 0 aliphatic carbocycles. The second-order valence-corrected chi connectivity index (χ2v) is 4.09. The molecule has 1 aliphatic heterocycles. The van der Waals surface area contributed by atoms with Gasteiger partial charge in [0, 0.05) is 25.2 Å². The van der Waals surface area contributed by atoms with E-state index in [4.69, 9.17) is 0 Å². The third-order valence-electron chi connectivity index (χ3n) is 2.98. The topological polar surface area (TPSA) is 61.0 Å². The summed E-state index contributed by atoms with van der Waals surface area (Å²) in [5.41, 5.74) is -0.0844. The van der Waals surface area contributed by atoms with Gasteiger partial charge in [0.1, 0.15) is 5.82 Å². The van der Waals surface area contributed by atoms with Crippen LogP contribution in [0.3, 0.4) is 0 Å². The molecule has 88 valence electrons. The summed E-state index contributed by atoms with van der Waals surface area (Å²) in [7, 11) is 0. The van der Waals surface area contributed by atoms with E-state index in [-0.39, 0.29) is 5.56 Å². The second-order valence-electron chi connectivity index (χ2n) is 4.09. The van der Waals surface area contributed by atoms with Crippen molar-refractivity contribution in [1.29, 1.82) is 0 Å². The first-order valence-electron chi connectivity index (χ1n) is 5.82. The lowest BCUT2D eigenvalue weighted by Gasteiger charge is -2.32. The lowest BCUT2D eigenvalue weighted by molar-refractivity contribution is 0.422. The summed E-state index contributed by atoms with van der Waals surface area (Å²) in [6.45, 7) is 5.08. The maximum Gasteiger partial charge on any atom is 0.252 e. The molecule has 5 heteroatoms. The van der Waals surface area contributed by atoms with E-state index in [0.717, 1.165) is 38.3 Å². The number of aromatic nitrogens is 2. The van der Waals surface area contributed by atoms with E-state index in [1.165, 1.54) is 6.33 Å². The molecule has 0 atom stereocenters. The van der Waals surface area contributed by atoms with Gasteiger partial charge in [-0.3, -0.25) is 4.79 Å². The smallest absolute Gasteiger partial charge is 0.252 e. The Bertz CT molecular complexity index is 382. The molecule has 0 radical (unpaired) electrons. The van der Waals surface area contributed by atoms with Gasteiger partial charge in [-0.15, -0.1) is 0 Å². The van der Waals surface area contributed by atoms with E-state index in [0.29, 0.717) is 6.04 Å². The van der Waals surface area contributed by atoms with Crippen LogP contribution in [0.4, 0.5) is 5.82 Å². The van der Waals surface area contributed by atoms with Crippen molar-refractivity contribution in [2.75, 3.05) is 24.5 Å². The van der Waals surface area contributed by atoms with E-state index in [2.05, 4.69) is 27.1 Å². The normalized spacial score (nSPS) is 17.7. The molecular weight excluding hydrogens is 204 g/mol. The molecule has 16 heavy (non-hydrogen) atoms. The molecule has 1 aliphatic rings. The van der Waals surface area contributed by atoms with Crippen LogP contribution < -0.4 is 15.8 Å². The summed E-state index contributed by atoms with van der Waals surface area (Å²) < 4.78 is 0. The maximum absolute atomic E-state index is 11.2. The molecule has 0 bridgehead atoms. The average Bonchev–Trinajstić information content (AvgIpc) is 2.30.